The summed E-state index contributed by atoms with van der Waals surface area (Å²) in [5.41, 5.74) is 0. The van der Waals surface area contributed by atoms with Gasteiger partial charge in [0.05, 0.1) is 18.8 Å². The van der Waals surface area contributed by atoms with Crippen molar-refractivity contribution < 1.29 is 9.84 Å². The molecule has 2 N–H and O–H groups in total. The molecule has 4 unspecified atom stereocenters. The summed E-state index contributed by atoms with van der Waals surface area (Å²) in [6.07, 6.45) is 6.88. The standard InChI is InChI=1S/C16H32N2O2/c1-3-8-17-16-7-5-4-6-14(16)10-18-9-13(2)20-15(11-18)12-19/h13-17,19H,3-12H2,1-2H3. The zero-order chi connectivity index (χ0) is 14.4. The summed E-state index contributed by atoms with van der Waals surface area (Å²) in [6.45, 7) is 8.68. The molecule has 0 radical (unpaired) electrons. The number of hydrogen-bond acceptors (Lipinski definition) is 4. The third-order valence-electron chi connectivity index (χ3n) is 4.66. The molecule has 118 valence electrons. The second-order valence-corrected chi connectivity index (χ2v) is 6.57. The summed E-state index contributed by atoms with van der Waals surface area (Å²) in [5.74, 6) is 0.764. The van der Waals surface area contributed by atoms with Gasteiger partial charge in [-0.25, -0.2) is 0 Å². The van der Waals surface area contributed by atoms with Gasteiger partial charge in [0, 0.05) is 25.7 Å². The molecule has 2 rings (SSSR count). The topological polar surface area (TPSA) is 44.7 Å². The van der Waals surface area contributed by atoms with E-state index >= 15 is 0 Å². The van der Waals surface area contributed by atoms with E-state index in [1.54, 1.807) is 0 Å². The molecule has 20 heavy (non-hydrogen) atoms. The van der Waals surface area contributed by atoms with Crippen LogP contribution in [0.1, 0.15) is 46.0 Å². The van der Waals surface area contributed by atoms with Gasteiger partial charge in [0.1, 0.15) is 0 Å². The van der Waals surface area contributed by atoms with Gasteiger partial charge in [-0.05, 0) is 38.6 Å². The van der Waals surface area contributed by atoms with Crippen molar-refractivity contribution in [1.29, 1.82) is 0 Å². The van der Waals surface area contributed by atoms with E-state index in [4.69, 9.17) is 4.74 Å². The highest BCUT2D eigenvalue weighted by atomic mass is 16.5. The maximum absolute atomic E-state index is 9.34. The van der Waals surface area contributed by atoms with Crippen LogP contribution in [0.4, 0.5) is 0 Å². The summed E-state index contributed by atoms with van der Waals surface area (Å²) in [4.78, 5) is 2.51. The smallest absolute Gasteiger partial charge is 0.0936 e. The number of aliphatic hydroxyl groups excluding tert-OH is 1. The second-order valence-electron chi connectivity index (χ2n) is 6.57. The van der Waals surface area contributed by atoms with E-state index in [-0.39, 0.29) is 18.8 Å². The molecule has 4 heteroatoms. The van der Waals surface area contributed by atoms with E-state index in [1.807, 2.05) is 0 Å². The lowest BCUT2D eigenvalue weighted by Crippen LogP contribution is -2.52. The number of nitrogens with one attached hydrogen (secondary N) is 1. The van der Waals surface area contributed by atoms with Crippen molar-refractivity contribution >= 4 is 0 Å². The molecule has 2 fully saturated rings. The van der Waals surface area contributed by atoms with Crippen LogP contribution in [0.2, 0.25) is 0 Å². The van der Waals surface area contributed by atoms with E-state index in [1.165, 1.54) is 32.1 Å². The first-order valence-corrected chi connectivity index (χ1v) is 8.45. The van der Waals surface area contributed by atoms with Gasteiger partial charge in [-0.3, -0.25) is 4.90 Å². The Labute approximate surface area is 123 Å². The first kappa shape index (κ1) is 16.2. The maximum atomic E-state index is 9.34. The lowest BCUT2D eigenvalue weighted by molar-refractivity contribution is -0.0993. The largest absolute Gasteiger partial charge is 0.394 e. The quantitative estimate of drug-likeness (QED) is 0.778. The van der Waals surface area contributed by atoms with Crippen molar-refractivity contribution in [2.45, 2.75) is 64.2 Å². The Bertz CT molecular complexity index is 275. The minimum absolute atomic E-state index is 0.00407. The highest BCUT2D eigenvalue weighted by Crippen LogP contribution is 2.26. The monoisotopic (exact) mass is 284 g/mol. The molecule has 1 saturated carbocycles. The Morgan fingerprint density at radius 3 is 2.80 bits per heavy atom. The number of aliphatic hydroxyl groups is 1. The third kappa shape index (κ3) is 4.69. The average molecular weight is 284 g/mol. The van der Waals surface area contributed by atoms with Gasteiger partial charge in [0.25, 0.3) is 0 Å². The summed E-state index contributed by atoms with van der Waals surface area (Å²) in [7, 11) is 0. The molecule has 0 aromatic carbocycles. The molecule has 4 nitrogen and oxygen atoms in total. The van der Waals surface area contributed by atoms with Crippen LogP contribution in [0.5, 0.6) is 0 Å². The van der Waals surface area contributed by atoms with Gasteiger partial charge in [0.2, 0.25) is 0 Å². The molecular formula is C16H32N2O2. The van der Waals surface area contributed by atoms with Crippen LogP contribution in [-0.4, -0.2) is 61.0 Å². The predicted molar refractivity (Wildman–Crippen MR) is 81.9 cm³/mol. The molecule has 0 aromatic heterocycles. The third-order valence-corrected chi connectivity index (χ3v) is 4.66. The van der Waals surface area contributed by atoms with Crippen molar-refractivity contribution in [3.8, 4) is 0 Å². The average Bonchev–Trinajstić information content (AvgIpc) is 2.45. The Hall–Kier alpha value is -0.160. The van der Waals surface area contributed by atoms with E-state index in [2.05, 4.69) is 24.1 Å². The van der Waals surface area contributed by atoms with Crippen molar-refractivity contribution in [2.75, 3.05) is 32.8 Å². The van der Waals surface area contributed by atoms with Crippen LogP contribution in [0.15, 0.2) is 0 Å². The van der Waals surface area contributed by atoms with Crippen LogP contribution < -0.4 is 5.32 Å². The number of ether oxygens (including phenoxy) is 1. The van der Waals surface area contributed by atoms with E-state index < -0.39 is 0 Å². The molecule has 1 heterocycles. The number of hydrogen-bond donors (Lipinski definition) is 2. The maximum Gasteiger partial charge on any atom is 0.0936 e. The van der Waals surface area contributed by atoms with E-state index in [0.717, 1.165) is 32.1 Å². The lowest BCUT2D eigenvalue weighted by Gasteiger charge is -2.41. The van der Waals surface area contributed by atoms with Crippen LogP contribution in [0.3, 0.4) is 0 Å². The van der Waals surface area contributed by atoms with Crippen LogP contribution in [0.25, 0.3) is 0 Å². The van der Waals surface area contributed by atoms with Gasteiger partial charge in [-0.15, -0.1) is 0 Å². The minimum atomic E-state index is 0.00407. The molecule has 1 aliphatic carbocycles. The van der Waals surface area contributed by atoms with Crippen molar-refractivity contribution in [1.82, 2.24) is 10.2 Å². The van der Waals surface area contributed by atoms with Gasteiger partial charge >= 0.3 is 0 Å². The fraction of sp³-hybridized carbons (Fsp3) is 1.00. The molecule has 1 saturated heterocycles. The first-order valence-electron chi connectivity index (χ1n) is 8.45. The molecule has 2 aliphatic rings. The van der Waals surface area contributed by atoms with E-state index in [0.29, 0.717) is 6.04 Å². The molecule has 0 bridgehead atoms. The van der Waals surface area contributed by atoms with Gasteiger partial charge in [-0.2, -0.15) is 0 Å². The SMILES string of the molecule is CCCNC1CCCCC1CN1CC(C)OC(CO)C1. The fourth-order valence-electron chi connectivity index (χ4n) is 3.75. The Balaban J connectivity index is 1.85. The lowest BCUT2D eigenvalue weighted by atomic mass is 9.84. The number of rotatable bonds is 6. The highest BCUT2D eigenvalue weighted by Gasteiger charge is 2.30. The minimum Gasteiger partial charge on any atom is -0.394 e. The van der Waals surface area contributed by atoms with Crippen molar-refractivity contribution in [3.63, 3.8) is 0 Å². The number of morpholine rings is 1. The van der Waals surface area contributed by atoms with Gasteiger partial charge in [0.15, 0.2) is 0 Å². The summed E-state index contributed by atoms with van der Waals surface area (Å²) < 4.78 is 5.74. The second kappa shape index (κ2) is 8.32. The summed E-state index contributed by atoms with van der Waals surface area (Å²) in [6, 6.07) is 0.689. The molecule has 4 atom stereocenters. The summed E-state index contributed by atoms with van der Waals surface area (Å²) in [5, 5.41) is 13.1. The molecule has 1 aliphatic heterocycles. The molecule has 0 spiro atoms. The Morgan fingerprint density at radius 1 is 1.25 bits per heavy atom. The summed E-state index contributed by atoms with van der Waals surface area (Å²) >= 11 is 0. The van der Waals surface area contributed by atoms with E-state index in [9.17, 15) is 5.11 Å². The van der Waals surface area contributed by atoms with Crippen LogP contribution in [0, 0.1) is 5.92 Å². The first-order chi connectivity index (χ1) is 9.72. The van der Waals surface area contributed by atoms with Crippen LogP contribution in [-0.2, 0) is 4.74 Å². The van der Waals surface area contributed by atoms with Gasteiger partial charge in [-0.1, -0.05) is 19.8 Å². The number of nitrogens with zero attached hydrogens (tertiary/aromatic N) is 1. The zero-order valence-electron chi connectivity index (χ0n) is 13.2. The van der Waals surface area contributed by atoms with Crippen LogP contribution >= 0.6 is 0 Å². The zero-order valence-corrected chi connectivity index (χ0v) is 13.2. The highest BCUT2D eigenvalue weighted by molar-refractivity contribution is 4.85. The van der Waals surface area contributed by atoms with Crippen molar-refractivity contribution in [2.24, 2.45) is 5.92 Å². The Morgan fingerprint density at radius 2 is 2.05 bits per heavy atom. The molecule has 0 amide bonds. The van der Waals surface area contributed by atoms with Gasteiger partial charge < -0.3 is 15.2 Å². The Kier molecular flexibility index (Phi) is 6.75. The normalized spacial score (nSPS) is 36.1. The molecule has 0 aromatic rings. The predicted octanol–water partition coefficient (Wildman–Crippen LogP) is 1.63. The van der Waals surface area contributed by atoms with Crippen molar-refractivity contribution in [3.05, 3.63) is 0 Å². The molecular weight excluding hydrogens is 252 g/mol. The fourth-order valence-corrected chi connectivity index (χ4v) is 3.75.